The number of alkyl halides is 3. The molecule has 1 unspecified atom stereocenters. The number of carbonyl (C=O) groups excluding carboxylic acids is 1. The molecule has 0 amide bonds. The number of benzene rings is 2. The largest absolute Gasteiger partial charge is 0.573 e. The molecule has 12 heteroatoms. The number of para-hydroxylation sites is 1. The summed E-state index contributed by atoms with van der Waals surface area (Å²) in [4.78, 5) is 18.7. The molecular weight excluding hydrogens is 574 g/mol. The fourth-order valence-electron chi connectivity index (χ4n) is 6.28. The lowest BCUT2D eigenvalue weighted by Crippen LogP contribution is -2.45. The summed E-state index contributed by atoms with van der Waals surface area (Å²) in [7, 11) is 0. The lowest BCUT2D eigenvalue weighted by molar-refractivity contribution is -0.274. The fourth-order valence-corrected chi connectivity index (χ4v) is 7.45. The molecule has 4 heterocycles. The first-order chi connectivity index (χ1) is 20.1. The lowest BCUT2D eigenvalue weighted by Gasteiger charge is -2.38. The predicted molar refractivity (Wildman–Crippen MR) is 147 cm³/mol. The molecule has 2 saturated heterocycles. The number of rotatable bonds is 8. The third-order valence-electron chi connectivity index (χ3n) is 8.35. The van der Waals surface area contributed by atoms with Crippen LogP contribution in [0.15, 0.2) is 40.9 Å². The van der Waals surface area contributed by atoms with E-state index in [2.05, 4.69) is 19.8 Å². The molecule has 3 aliphatic rings. The van der Waals surface area contributed by atoms with Crippen molar-refractivity contribution in [3.8, 4) is 17.0 Å². The minimum absolute atomic E-state index is 0.0781. The predicted octanol–water partition coefficient (Wildman–Crippen LogP) is 7.79. The maximum absolute atomic E-state index is 14.7. The van der Waals surface area contributed by atoms with E-state index in [1.165, 1.54) is 42.5 Å². The van der Waals surface area contributed by atoms with Gasteiger partial charge >= 0.3 is 6.36 Å². The highest BCUT2D eigenvalue weighted by Crippen LogP contribution is 2.47. The number of ether oxygens (including phenoxy) is 2. The number of halogens is 4. The Morgan fingerprint density at radius 1 is 1.12 bits per heavy atom. The summed E-state index contributed by atoms with van der Waals surface area (Å²) in [6.45, 7) is 1.58. The van der Waals surface area contributed by atoms with E-state index >= 15 is 0 Å². The second kappa shape index (κ2) is 10.3. The summed E-state index contributed by atoms with van der Waals surface area (Å²) in [6, 6.07) is 9.19. The van der Waals surface area contributed by atoms with Gasteiger partial charge in [0.1, 0.15) is 22.7 Å². The number of carbonyl (C=O) groups is 1. The van der Waals surface area contributed by atoms with Crippen LogP contribution in [0.3, 0.4) is 0 Å². The molecule has 0 N–H and O–H groups in total. The maximum Gasteiger partial charge on any atom is 0.573 e. The average molecular weight is 602 g/mol. The molecule has 7 rings (SSSR count). The zero-order chi connectivity index (χ0) is 29.2. The second-order valence-corrected chi connectivity index (χ2v) is 12.3. The van der Waals surface area contributed by atoms with Crippen molar-refractivity contribution in [2.75, 3.05) is 4.90 Å². The van der Waals surface area contributed by atoms with Gasteiger partial charge in [0.25, 0.3) is 0 Å². The average Bonchev–Trinajstić information content (AvgIpc) is 3.45. The molecule has 1 saturated carbocycles. The van der Waals surface area contributed by atoms with Gasteiger partial charge in [-0.25, -0.2) is 9.37 Å². The number of thiazole rings is 1. The highest BCUT2D eigenvalue weighted by Gasteiger charge is 2.43. The van der Waals surface area contributed by atoms with Crippen LogP contribution < -0.4 is 9.64 Å². The van der Waals surface area contributed by atoms with Crippen molar-refractivity contribution in [2.45, 2.75) is 82.5 Å². The van der Waals surface area contributed by atoms with E-state index in [-0.39, 0.29) is 53.3 Å². The van der Waals surface area contributed by atoms with Crippen molar-refractivity contribution in [1.82, 2.24) is 10.1 Å². The van der Waals surface area contributed by atoms with Crippen LogP contribution >= 0.6 is 11.3 Å². The van der Waals surface area contributed by atoms with Crippen LogP contribution in [-0.2, 0) is 11.3 Å². The molecule has 0 radical (unpaired) electrons. The Kier molecular flexibility index (Phi) is 6.73. The number of nitrogens with zero attached hydrogens (tertiary/aromatic N) is 3. The summed E-state index contributed by atoms with van der Waals surface area (Å²) in [6.07, 6.45) is 0.328. The summed E-state index contributed by atoms with van der Waals surface area (Å²) in [5.41, 5.74) is 1.78. The highest BCUT2D eigenvalue weighted by atomic mass is 32.1. The van der Waals surface area contributed by atoms with Crippen LogP contribution in [0.4, 0.5) is 22.7 Å². The molecule has 220 valence electrons. The quantitative estimate of drug-likeness (QED) is 0.151. The number of hydrogen-bond acceptors (Lipinski definition) is 8. The van der Waals surface area contributed by atoms with Crippen molar-refractivity contribution >= 4 is 32.5 Å². The fraction of sp³-hybridized carbons (Fsp3) is 0.433. The standard InChI is InChI=1S/C30H27F4N3O4S/c1-15(38)17-10-23(31)27-25(11-17)42-29(35-27)37-18-8-9-19(37)13-20(12-18)39-14-22-26(36-41-28(22)16-6-7-16)21-4-2-3-5-24(21)40-30(32,33)34/h2-5,10-11,16,18-20H,6-9,12-14H2,1H3/t18-,19+,20?. The number of fused-ring (bicyclic) bond motifs is 3. The van der Waals surface area contributed by atoms with E-state index in [0.29, 0.717) is 27.3 Å². The van der Waals surface area contributed by atoms with Crippen molar-refractivity contribution in [3.05, 3.63) is 59.1 Å². The van der Waals surface area contributed by atoms with Crippen molar-refractivity contribution in [3.63, 3.8) is 0 Å². The van der Waals surface area contributed by atoms with E-state index in [1.54, 1.807) is 12.1 Å². The molecule has 1 aliphatic carbocycles. The molecule has 4 aromatic rings. The minimum Gasteiger partial charge on any atom is -0.405 e. The number of Topliss-reactive ketones (excluding diaryl/α,β-unsaturated/α-hetero) is 1. The van der Waals surface area contributed by atoms with Gasteiger partial charge in [0.2, 0.25) is 0 Å². The normalized spacial score (nSPS) is 22.2. The van der Waals surface area contributed by atoms with Crippen LogP contribution in [0.25, 0.3) is 21.5 Å². The summed E-state index contributed by atoms with van der Waals surface area (Å²) in [5, 5.41) is 4.92. The first-order valence-electron chi connectivity index (χ1n) is 14.0. The molecule has 42 heavy (non-hydrogen) atoms. The van der Waals surface area contributed by atoms with Gasteiger partial charge in [-0.05, 0) is 69.7 Å². The molecule has 7 nitrogen and oxygen atoms in total. The van der Waals surface area contributed by atoms with Gasteiger partial charge in [0.15, 0.2) is 16.7 Å². The van der Waals surface area contributed by atoms with E-state index in [0.717, 1.165) is 43.7 Å². The van der Waals surface area contributed by atoms with Crippen LogP contribution in [0.1, 0.15) is 73.0 Å². The Bertz CT molecular complexity index is 1650. The molecule has 2 aromatic carbocycles. The van der Waals surface area contributed by atoms with Gasteiger partial charge in [0.05, 0.1) is 17.4 Å². The van der Waals surface area contributed by atoms with E-state index in [1.807, 2.05) is 0 Å². The van der Waals surface area contributed by atoms with Gasteiger partial charge in [-0.3, -0.25) is 4.79 Å². The smallest absolute Gasteiger partial charge is 0.405 e. The van der Waals surface area contributed by atoms with Crippen LogP contribution in [0, 0.1) is 5.82 Å². The van der Waals surface area contributed by atoms with Gasteiger partial charge in [-0.1, -0.05) is 28.6 Å². The third-order valence-corrected chi connectivity index (χ3v) is 9.37. The van der Waals surface area contributed by atoms with Crippen molar-refractivity contribution < 1.29 is 36.4 Å². The van der Waals surface area contributed by atoms with Crippen LogP contribution in [0.5, 0.6) is 5.75 Å². The second-order valence-electron chi connectivity index (χ2n) is 11.2. The maximum atomic E-state index is 14.7. The summed E-state index contributed by atoms with van der Waals surface area (Å²) >= 11 is 1.40. The molecule has 2 aromatic heterocycles. The molecule has 0 spiro atoms. The Labute approximate surface area is 242 Å². The van der Waals surface area contributed by atoms with Crippen LogP contribution in [-0.4, -0.2) is 40.5 Å². The molecule has 2 bridgehead atoms. The SMILES string of the molecule is CC(=O)c1cc(F)c2nc(N3[C@@H]4CC[C@H]3CC(OCc3c(-c5ccccc5OC(F)(F)F)noc3C3CC3)C4)sc2c1. The zero-order valence-electron chi connectivity index (χ0n) is 22.6. The van der Waals surface area contributed by atoms with Gasteiger partial charge in [-0.2, -0.15) is 0 Å². The molecule has 3 atom stereocenters. The Balaban J connectivity index is 1.10. The summed E-state index contributed by atoms with van der Waals surface area (Å²) in [5.74, 6) is -0.184. The monoisotopic (exact) mass is 601 g/mol. The Morgan fingerprint density at radius 2 is 1.86 bits per heavy atom. The number of piperidine rings is 1. The number of anilines is 1. The van der Waals surface area contributed by atoms with Crippen molar-refractivity contribution in [2.24, 2.45) is 0 Å². The Hall–Kier alpha value is -3.51. The van der Waals surface area contributed by atoms with Gasteiger partial charge < -0.3 is 18.9 Å². The minimum atomic E-state index is -4.84. The third kappa shape index (κ3) is 5.15. The van der Waals surface area contributed by atoms with E-state index in [9.17, 15) is 22.4 Å². The molecule has 3 fully saturated rings. The van der Waals surface area contributed by atoms with Gasteiger partial charge in [-0.15, -0.1) is 13.2 Å². The van der Waals surface area contributed by atoms with Crippen molar-refractivity contribution in [1.29, 1.82) is 0 Å². The van der Waals surface area contributed by atoms with E-state index in [4.69, 9.17) is 9.26 Å². The first kappa shape index (κ1) is 27.3. The zero-order valence-corrected chi connectivity index (χ0v) is 23.4. The highest BCUT2D eigenvalue weighted by molar-refractivity contribution is 7.22. The molecular formula is C30H27F4N3O4S. The van der Waals surface area contributed by atoms with Gasteiger partial charge in [0, 0.05) is 34.7 Å². The topological polar surface area (TPSA) is 77.7 Å². The number of aromatic nitrogens is 2. The number of ketones is 1. The summed E-state index contributed by atoms with van der Waals surface area (Å²) < 4.78 is 71.1. The Morgan fingerprint density at radius 3 is 2.55 bits per heavy atom. The van der Waals surface area contributed by atoms with Crippen LogP contribution in [0.2, 0.25) is 0 Å². The molecule has 2 aliphatic heterocycles. The number of hydrogen-bond donors (Lipinski definition) is 0. The lowest BCUT2D eigenvalue weighted by atomic mass is 10.00. The van der Waals surface area contributed by atoms with E-state index < -0.39 is 12.2 Å². The first-order valence-corrected chi connectivity index (χ1v) is 14.8.